The summed E-state index contributed by atoms with van der Waals surface area (Å²) in [6, 6.07) is 15.6. The fraction of sp³-hybridized carbons (Fsp3) is 0.346. The Balaban J connectivity index is 1.84. The number of hydrogen-bond acceptors (Lipinski definition) is 5. The van der Waals surface area contributed by atoms with Crippen molar-refractivity contribution in [3.8, 4) is 5.69 Å². The summed E-state index contributed by atoms with van der Waals surface area (Å²) in [5.74, 6) is -0.354. The molecule has 1 aliphatic heterocycles. The molecular formula is C26H31N5O2S. The van der Waals surface area contributed by atoms with Crippen LogP contribution < -0.4 is 5.32 Å². The number of ether oxygens (including phenoxy) is 1. The minimum Gasteiger partial charge on any atom is -0.465 e. The Hall–Kier alpha value is -3.23. The average molecular weight is 478 g/mol. The van der Waals surface area contributed by atoms with Crippen LogP contribution in [0.4, 0.5) is 0 Å². The number of esters is 1. The lowest BCUT2D eigenvalue weighted by molar-refractivity contribution is 0.0600. The topological polar surface area (TPSA) is 62.6 Å². The highest BCUT2D eigenvalue weighted by atomic mass is 32.1. The molecule has 1 aromatic carbocycles. The van der Waals surface area contributed by atoms with Gasteiger partial charge in [0.2, 0.25) is 0 Å². The van der Waals surface area contributed by atoms with Crippen molar-refractivity contribution in [1.82, 2.24) is 24.7 Å². The van der Waals surface area contributed by atoms with Gasteiger partial charge in [0, 0.05) is 30.7 Å². The van der Waals surface area contributed by atoms with E-state index in [4.69, 9.17) is 17.0 Å². The number of likely N-dealkylation sites (N-methyl/N-ethyl adjacent to an activating group) is 1. The lowest BCUT2D eigenvalue weighted by atomic mass is 9.96. The number of benzene rings is 1. The van der Waals surface area contributed by atoms with Gasteiger partial charge < -0.3 is 24.4 Å². The van der Waals surface area contributed by atoms with Crippen molar-refractivity contribution >= 4 is 23.3 Å². The highest BCUT2D eigenvalue weighted by Gasteiger charge is 2.41. The summed E-state index contributed by atoms with van der Waals surface area (Å²) >= 11 is 5.79. The summed E-state index contributed by atoms with van der Waals surface area (Å²) in [4.78, 5) is 21.5. The zero-order valence-corrected chi connectivity index (χ0v) is 21.1. The molecule has 0 unspecified atom stereocenters. The Morgan fingerprint density at radius 3 is 2.59 bits per heavy atom. The van der Waals surface area contributed by atoms with Gasteiger partial charge in [-0.05, 0) is 76.1 Å². The van der Waals surface area contributed by atoms with Crippen molar-refractivity contribution in [3.05, 3.63) is 82.9 Å². The molecule has 0 spiro atoms. The van der Waals surface area contributed by atoms with E-state index in [2.05, 4.69) is 58.7 Å². The van der Waals surface area contributed by atoms with E-state index >= 15 is 0 Å². The third-order valence-corrected chi connectivity index (χ3v) is 6.68. The first kappa shape index (κ1) is 23.9. The van der Waals surface area contributed by atoms with Gasteiger partial charge in [0.15, 0.2) is 5.11 Å². The SMILES string of the molecule is COC(=O)c1ccccc1-n1c(C)cc([C@@H]2[C@H](c3ccccn3)NC(=S)N2CCN(C)C)c1C. The molecule has 3 aromatic rings. The van der Waals surface area contributed by atoms with Crippen LogP contribution in [0.2, 0.25) is 0 Å². The Kier molecular flexibility index (Phi) is 7.00. The predicted molar refractivity (Wildman–Crippen MR) is 137 cm³/mol. The molecule has 7 nitrogen and oxygen atoms in total. The molecule has 1 saturated heterocycles. The fourth-order valence-electron chi connectivity index (χ4n) is 4.70. The first-order valence-corrected chi connectivity index (χ1v) is 11.7. The second-order valence-corrected chi connectivity index (χ2v) is 9.18. The van der Waals surface area contributed by atoms with Gasteiger partial charge in [0.25, 0.3) is 0 Å². The second-order valence-electron chi connectivity index (χ2n) is 8.79. The number of aromatic nitrogens is 2. The number of thiocarbonyl (C=S) groups is 1. The number of rotatable bonds is 7. The number of carbonyl (C=O) groups is 1. The largest absolute Gasteiger partial charge is 0.465 e. The molecule has 2 aromatic heterocycles. The molecule has 3 heterocycles. The Labute approximate surface area is 206 Å². The molecule has 0 radical (unpaired) electrons. The number of pyridine rings is 1. The van der Waals surface area contributed by atoms with Crippen LogP contribution in [0.5, 0.6) is 0 Å². The van der Waals surface area contributed by atoms with E-state index in [0.29, 0.717) is 5.56 Å². The highest BCUT2D eigenvalue weighted by Crippen LogP contribution is 2.41. The van der Waals surface area contributed by atoms with Crippen molar-refractivity contribution in [2.24, 2.45) is 0 Å². The van der Waals surface area contributed by atoms with Crippen molar-refractivity contribution < 1.29 is 9.53 Å². The molecule has 0 saturated carbocycles. The van der Waals surface area contributed by atoms with E-state index < -0.39 is 0 Å². The maximum Gasteiger partial charge on any atom is 0.339 e. The van der Waals surface area contributed by atoms with Crippen LogP contribution in [0, 0.1) is 13.8 Å². The minimum atomic E-state index is -0.354. The van der Waals surface area contributed by atoms with E-state index in [1.54, 1.807) is 6.07 Å². The van der Waals surface area contributed by atoms with Crippen molar-refractivity contribution in [2.75, 3.05) is 34.3 Å². The van der Waals surface area contributed by atoms with E-state index in [0.717, 1.165) is 46.5 Å². The van der Waals surface area contributed by atoms with Crippen LogP contribution >= 0.6 is 12.2 Å². The van der Waals surface area contributed by atoms with E-state index in [-0.39, 0.29) is 18.1 Å². The molecule has 0 bridgehead atoms. The number of hydrogen-bond donors (Lipinski definition) is 1. The molecule has 1 aliphatic rings. The van der Waals surface area contributed by atoms with Crippen LogP contribution in [0.25, 0.3) is 5.69 Å². The molecule has 2 atom stereocenters. The summed E-state index contributed by atoms with van der Waals surface area (Å²) in [5, 5.41) is 4.24. The summed E-state index contributed by atoms with van der Waals surface area (Å²) in [7, 11) is 5.53. The maximum atomic E-state index is 12.5. The van der Waals surface area contributed by atoms with Crippen LogP contribution in [-0.2, 0) is 4.74 Å². The van der Waals surface area contributed by atoms with Gasteiger partial charge in [0.05, 0.1) is 36.1 Å². The van der Waals surface area contributed by atoms with Crippen molar-refractivity contribution in [3.63, 3.8) is 0 Å². The Morgan fingerprint density at radius 1 is 1.18 bits per heavy atom. The fourth-order valence-corrected chi connectivity index (χ4v) is 5.03. The third kappa shape index (κ3) is 4.43. The van der Waals surface area contributed by atoms with Gasteiger partial charge in [0.1, 0.15) is 0 Å². The highest BCUT2D eigenvalue weighted by molar-refractivity contribution is 7.80. The molecule has 34 heavy (non-hydrogen) atoms. The van der Waals surface area contributed by atoms with Gasteiger partial charge in [-0.15, -0.1) is 0 Å². The summed E-state index contributed by atoms with van der Waals surface area (Å²) in [6.07, 6.45) is 1.81. The number of nitrogens with one attached hydrogen (secondary N) is 1. The average Bonchev–Trinajstić information content (AvgIpc) is 3.32. The molecule has 0 amide bonds. The number of methoxy groups -OCH3 is 1. The van der Waals surface area contributed by atoms with Gasteiger partial charge in [-0.3, -0.25) is 4.98 Å². The van der Waals surface area contributed by atoms with Crippen molar-refractivity contribution in [2.45, 2.75) is 25.9 Å². The summed E-state index contributed by atoms with van der Waals surface area (Å²) in [5.41, 5.74) is 5.53. The number of para-hydroxylation sites is 1. The summed E-state index contributed by atoms with van der Waals surface area (Å²) < 4.78 is 7.17. The Morgan fingerprint density at radius 2 is 1.91 bits per heavy atom. The monoisotopic (exact) mass is 477 g/mol. The van der Waals surface area contributed by atoms with Gasteiger partial charge in [-0.25, -0.2) is 4.79 Å². The number of carbonyl (C=O) groups excluding carboxylic acids is 1. The smallest absolute Gasteiger partial charge is 0.339 e. The Bertz CT molecular complexity index is 1190. The third-order valence-electron chi connectivity index (χ3n) is 6.33. The maximum absolute atomic E-state index is 12.5. The summed E-state index contributed by atoms with van der Waals surface area (Å²) in [6.45, 7) is 5.81. The van der Waals surface area contributed by atoms with Crippen LogP contribution in [0.3, 0.4) is 0 Å². The van der Waals surface area contributed by atoms with E-state index in [1.807, 2.05) is 42.6 Å². The normalized spacial score (nSPS) is 17.8. The van der Waals surface area contributed by atoms with Gasteiger partial charge in [-0.1, -0.05) is 18.2 Å². The number of aryl methyl sites for hydroxylation is 1. The molecule has 178 valence electrons. The molecular weight excluding hydrogens is 446 g/mol. The van der Waals surface area contributed by atoms with E-state index in [9.17, 15) is 4.79 Å². The van der Waals surface area contributed by atoms with E-state index in [1.165, 1.54) is 7.11 Å². The first-order chi connectivity index (χ1) is 16.3. The van der Waals surface area contributed by atoms with Crippen LogP contribution in [0.15, 0.2) is 54.7 Å². The number of nitrogens with zero attached hydrogens (tertiary/aromatic N) is 4. The standard InChI is InChI=1S/C26H31N5O2S/c1-17-16-20(18(2)31(17)22-12-7-6-10-19(22)25(32)33-5)24-23(21-11-8-9-13-27-21)28-26(34)30(24)15-14-29(3)4/h6-13,16,23-24H,14-15H2,1-5H3,(H,28,34)/t23-,24+/m0/s1. The van der Waals surface area contributed by atoms with Gasteiger partial charge >= 0.3 is 5.97 Å². The van der Waals surface area contributed by atoms with Gasteiger partial charge in [-0.2, -0.15) is 0 Å². The molecule has 4 rings (SSSR count). The molecule has 8 heteroatoms. The first-order valence-electron chi connectivity index (χ1n) is 11.3. The predicted octanol–water partition coefficient (Wildman–Crippen LogP) is 3.81. The van der Waals surface area contributed by atoms with Crippen LogP contribution in [-0.4, -0.2) is 64.7 Å². The lowest BCUT2D eigenvalue weighted by Gasteiger charge is -2.29. The molecule has 1 N–H and O–H groups in total. The molecule has 1 fully saturated rings. The zero-order valence-electron chi connectivity index (χ0n) is 20.3. The van der Waals surface area contributed by atoms with Crippen molar-refractivity contribution in [1.29, 1.82) is 0 Å². The minimum absolute atomic E-state index is 0.0346. The van der Waals surface area contributed by atoms with Crippen LogP contribution in [0.1, 0.15) is 45.1 Å². The zero-order chi connectivity index (χ0) is 24.4. The quantitative estimate of drug-likeness (QED) is 0.410. The lowest BCUT2D eigenvalue weighted by Crippen LogP contribution is -2.35. The second kappa shape index (κ2) is 9.95. The molecule has 0 aliphatic carbocycles.